The second-order valence-electron chi connectivity index (χ2n) is 6.26. The van der Waals surface area contributed by atoms with Gasteiger partial charge < -0.3 is 10.2 Å². The zero-order valence-corrected chi connectivity index (χ0v) is 16.5. The van der Waals surface area contributed by atoms with Gasteiger partial charge in [0.15, 0.2) is 0 Å². The van der Waals surface area contributed by atoms with Crippen molar-refractivity contribution in [1.29, 1.82) is 0 Å². The van der Waals surface area contributed by atoms with Crippen LogP contribution in [0.3, 0.4) is 0 Å². The fourth-order valence-corrected chi connectivity index (χ4v) is 4.23. The van der Waals surface area contributed by atoms with Crippen LogP contribution in [0.15, 0.2) is 65.8 Å². The van der Waals surface area contributed by atoms with Gasteiger partial charge in [0.2, 0.25) is 21.8 Å². The first kappa shape index (κ1) is 20.6. The highest BCUT2D eigenvalue weighted by Gasteiger charge is 2.29. The van der Waals surface area contributed by atoms with Crippen LogP contribution in [0.5, 0.6) is 0 Å². The summed E-state index contributed by atoms with van der Waals surface area (Å²) in [6.45, 7) is 1.08. The number of nitrogens with one attached hydrogen (secondary N) is 1. The van der Waals surface area contributed by atoms with Crippen molar-refractivity contribution in [2.24, 2.45) is 0 Å². The number of amides is 2. The summed E-state index contributed by atoms with van der Waals surface area (Å²) in [5, 5.41) is 2.59. The van der Waals surface area contributed by atoms with Crippen molar-refractivity contribution >= 4 is 21.8 Å². The molecule has 1 aliphatic rings. The number of nitrogens with zero attached hydrogens (tertiary/aromatic N) is 4. The number of piperazine rings is 1. The first-order chi connectivity index (χ1) is 14.0. The van der Waals surface area contributed by atoms with Crippen molar-refractivity contribution in [1.82, 2.24) is 24.5 Å². The van der Waals surface area contributed by atoms with Crippen LogP contribution in [0.25, 0.3) is 0 Å². The number of benzene rings is 1. The standard InChI is InChI=1S/C19H21N5O4S/c25-18(22-15-17-20-9-4-10-21-17)7-8-19(26)23-11-13-24(14-12-23)29(27,28)16-5-2-1-3-6-16/h1-10H,11-15H2,(H,22,25)/b8-7+. The molecule has 0 aliphatic carbocycles. The van der Waals surface area contributed by atoms with E-state index in [1.165, 1.54) is 15.3 Å². The minimum absolute atomic E-state index is 0.161. The number of hydrogen-bond donors (Lipinski definition) is 1. The molecule has 10 heteroatoms. The van der Waals surface area contributed by atoms with E-state index < -0.39 is 15.9 Å². The van der Waals surface area contributed by atoms with Gasteiger partial charge in [-0.3, -0.25) is 9.59 Å². The Balaban J connectivity index is 1.48. The van der Waals surface area contributed by atoms with E-state index >= 15 is 0 Å². The lowest BCUT2D eigenvalue weighted by Crippen LogP contribution is -2.50. The molecule has 1 saturated heterocycles. The van der Waals surface area contributed by atoms with E-state index in [2.05, 4.69) is 15.3 Å². The summed E-state index contributed by atoms with van der Waals surface area (Å²) in [4.78, 5) is 33.8. The highest BCUT2D eigenvalue weighted by atomic mass is 32.2. The molecule has 0 radical (unpaired) electrons. The first-order valence-corrected chi connectivity index (χ1v) is 10.5. The molecule has 2 heterocycles. The molecule has 0 unspecified atom stereocenters. The molecule has 0 atom stereocenters. The molecule has 1 N–H and O–H groups in total. The van der Waals surface area contributed by atoms with Crippen molar-refractivity contribution < 1.29 is 18.0 Å². The molecule has 0 saturated carbocycles. The monoisotopic (exact) mass is 415 g/mol. The minimum atomic E-state index is -3.57. The lowest BCUT2D eigenvalue weighted by atomic mass is 10.3. The van der Waals surface area contributed by atoms with E-state index in [1.807, 2.05) is 0 Å². The Morgan fingerprint density at radius 2 is 1.62 bits per heavy atom. The predicted octanol–water partition coefficient (Wildman–Crippen LogP) is 0.182. The molecule has 2 amide bonds. The Hall–Kier alpha value is -3.11. The molecular formula is C19H21N5O4S. The highest BCUT2D eigenvalue weighted by Crippen LogP contribution is 2.17. The smallest absolute Gasteiger partial charge is 0.246 e. The van der Waals surface area contributed by atoms with Crippen molar-refractivity contribution in [2.75, 3.05) is 26.2 Å². The molecule has 0 spiro atoms. The number of hydrogen-bond acceptors (Lipinski definition) is 6. The van der Waals surface area contributed by atoms with Gasteiger partial charge in [0.25, 0.3) is 0 Å². The van der Waals surface area contributed by atoms with Gasteiger partial charge >= 0.3 is 0 Å². The van der Waals surface area contributed by atoms with Gasteiger partial charge in [0.1, 0.15) is 5.82 Å². The van der Waals surface area contributed by atoms with E-state index in [-0.39, 0.29) is 43.5 Å². The van der Waals surface area contributed by atoms with Crippen molar-refractivity contribution in [2.45, 2.75) is 11.4 Å². The number of sulfonamides is 1. The van der Waals surface area contributed by atoms with Crippen LogP contribution in [-0.4, -0.2) is 65.6 Å². The Bertz CT molecular complexity index is 972. The van der Waals surface area contributed by atoms with Gasteiger partial charge in [0.05, 0.1) is 11.4 Å². The fourth-order valence-electron chi connectivity index (χ4n) is 2.79. The number of carbonyl (C=O) groups excluding carboxylic acids is 2. The number of carbonyl (C=O) groups is 2. The third kappa shape index (κ3) is 5.46. The third-order valence-electron chi connectivity index (χ3n) is 4.35. The summed E-state index contributed by atoms with van der Waals surface area (Å²) >= 11 is 0. The molecule has 3 rings (SSSR count). The SMILES string of the molecule is O=C(/C=C/C(=O)N1CCN(S(=O)(=O)c2ccccc2)CC1)NCc1ncccn1. The van der Waals surface area contributed by atoms with Gasteiger partial charge in [-0.2, -0.15) is 4.31 Å². The average Bonchev–Trinajstić information content (AvgIpc) is 2.77. The Labute approximate surface area is 169 Å². The molecule has 9 nitrogen and oxygen atoms in total. The van der Waals surface area contributed by atoms with Gasteiger partial charge in [-0.1, -0.05) is 18.2 Å². The summed E-state index contributed by atoms with van der Waals surface area (Å²) in [6, 6.07) is 9.88. The lowest BCUT2D eigenvalue weighted by molar-refractivity contribution is -0.127. The molecule has 29 heavy (non-hydrogen) atoms. The van der Waals surface area contributed by atoms with Crippen LogP contribution >= 0.6 is 0 Å². The van der Waals surface area contributed by atoms with E-state index in [0.717, 1.165) is 6.08 Å². The van der Waals surface area contributed by atoms with Crippen LogP contribution in [0.1, 0.15) is 5.82 Å². The van der Waals surface area contributed by atoms with E-state index in [0.29, 0.717) is 5.82 Å². The van der Waals surface area contributed by atoms with Gasteiger partial charge in [-0.25, -0.2) is 18.4 Å². The third-order valence-corrected chi connectivity index (χ3v) is 6.26. The molecule has 1 aliphatic heterocycles. The lowest BCUT2D eigenvalue weighted by Gasteiger charge is -2.33. The summed E-state index contributed by atoms with van der Waals surface area (Å²) in [7, 11) is -3.57. The summed E-state index contributed by atoms with van der Waals surface area (Å²) in [5.41, 5.74) is 0. The van der Waals surface area contributed by atoms with Crippen LogP contribution < -0.4 is 5.32 Å². The van der Waals surface area contributed by atoms with Crippen molar-refractivity contribution in [3.05, 3.63) is 66.8 Å². The van der Waals surface area contributed by atoms with E-state index in [4.69, 9.17) is 0 Å². The maximum atomic E-state index is 12.6. The molecular weight excluding hydrogens is 394 g/mol. The van der Waals surface area contributed by atoms with Crippen molar-refractivity contribution in [3.8, 4) is 0 Å². The van der Waals surface area contributed by atoms with Crippen LogP contribution in [-0.2, 0) is 26.2 Å². The molecule has 1 aromatic carbocycles. The van der Waals surface area contributed by atoms with Crippen LogP contribution in [0.4, 0.5) is 0 Å². The molecule has 2 aromatic rings. The number of rotatable bonds is 6. The molecule has 1 aromatic heterocycles. The first-order valence-electron chi connectivity index (χ1n) is 9.03. The minimum Gasteiger partial charge on any atom is -0.345 e. The predicted molar refractivity (Wildman–Crippen MR) is 105 cm³/mol. The quantitative estimate of drug-likeness (QED) is 0.674. The molecule has 152 valence electrons. The Morgan fingerprint density at radius 3 is 2.28 bits per heavy atom. The summed E-state index contributed by atoms with van der Waals surface area (Å²) < 4.78 is 26.6. The van der Waals surface area contributed by atoms with E-state index in [1.54, 1.807) is 48.8 Å². The zero-order chi connectivity index (χ0) is 20.7. The second kappa shape index (κ2) is 9.39. The highest BCUT2D eigenvalue weighted by molar-refractivity contribution is 7.89. The topological polar surface area (TPSA) is 113 Å². The number of aromatic nitrogens is 2. The Morgan fingerprint density at radius 1 is 0.966 bits per heavy atom. The molecule has 0 bridgehead atoms. The Kier molecular flexibility index (Phi) is 6.68. The zero-order valence-electron chi connectivity index (χ0n) is 15.6. The summed E-state index contributed by atoms with van der Waals surface area (Å²) in [5.74, 6) is -0.305. The van der Waals surface area contributed by atoms with Gasteiger partial charge in [0, 0.05) is 50.7 Å². The summed E-state index contributed by atoms with van der Waals surface area (Å²) in [6.07, 6.45) is 5.48. The van der Waals surface area contributed by atoms with Gasteiger partial charge in [-0.05, 0) is 18.2 Å². The maximum absolute atomic E-state index is 12.6. The maximum Gasteiger partial charge on any atom is 0.246 e. The van der Waals surface area contributed by atoms with Crippen molar-refractivity contribution in [3.63, 3.8) is 0 Å². The van der Waals surface area contributed by atoms with Crippen LogP contribution in [0.2, 0.25) is 0 Å². The molecule has 1 fully saturated rings. The second-order valence-corrected chi connectivity index (χ2v) is 8.20. The average molecular weight is 415 g/mol. The normalized spacial score (nSPS) is 15.4. The van der Waals surface area contributed by atoms with Crippen LogP contribution in [0, 0.1) is 0 Å². The largest absolute Gasteiger partial charge is 0.345 e. The van der Waals surface area contributed by atoms with Gasteiger partial charge in [-0.15, -0.1) is 0 Å². The fraction of sp³-hybridized carbons (Fsp3) is 0.263. The van der Waals surface area contributed by atoms with E-state index in [9.17, 15) is 18.0 Å².